The van der Waals surface area contributed by atoms with Gasteiger partial charge in [0.05, 0.1) is 6.61 Å². The molecule has 0 aliphatic heterocycles. The molecule has 1 aliphatic rings. The van der Waals surface area contributed by atoms with Crippen LogP contribution in [0.4, 0.5) is 0 Å². The van der Waals surface area contributed by atoms with Crippen LogP contribution >= 0.6 is 12.6 Å². The van der Waals surface area contributed by atoms with Gasteiger partial charge in [-0.05, 0) is 12.8 Å². The van der Waals surface area contributed by atoms with Gasteiger partial charge in [0, 0.05) is 24.9 Å². The van der Waals surface area contributed by atoms with Gasteiger partial charge in [-0.1, -0.05) is 18.6 Å². The molecule has 0 spiro atoms. The molecule has 76 valence electrons. The van der Waals surface area contributed by atoms with E-state index in [9.17, 15) is 0 Å². The third-order valence-corrected chi connectivity index (χ3v) is 3.08. The van der Waals surface area contributed by atoms with Crippen molar-refractivity contribution in [2.45, 2.75) is 25.3 Å². The van der Waals surface area contributed by atoms with Gasteiger partial charge >= 0.3 is 0 Å². The minimum atomic E-state index is 0.246. The smallest absolute Gasteiger partial charge is 0.0558 e. The van der Waals surface area contributed by atoms with Crippen LogP contribution < -0.4 is 0 Å². The van der Waals surface area contributed by atoms with Gasteiger partial charge in [-0.15, -0.1) is 0 Å². The molecule has 1 N–H and O–H groups in total. The number of hydrogen-bond acceptors (Lipinski definition) is 3. The summed E-state index contributed by atoms with van der Waals surface area (Å²) >= 11 is 4.19. The highest BCUT2D eigenvalue weighted by atomic mass is 32.1. The zero-order valence-corrected chi connectivity index (χ0v) is 8.97. The molecule has 1 rings (SSSR count). The predicted octanol–water partition coefficient (Wildman–Crippen LogP) is 1.32. The summed E-state index contributed by atoms with van der Waals surface area (Å²) in [5.41, 5.74) is 1.14. The van der Waals surface area contributed by atoms with Gasteiger partial charge in [0.1, 0.15) is 0 Å². The Morgan fingerprint density at radius 1 is 1.54 bits per heavy atom. The van der Waals surface area contributed by atoms with Crippen molar-refractivity contribution in [1.82, 2.24) is 4.90 Å². The van der Waals surface area contributed by atoms with Crippen molar-refractivity contribution in [2.75, 3.05) is 25.4 Å². The first-order valence-corrected chi connectivity index (χ1v) is 5.53. The Kier molecular flexibility index (Phi) is 4.84. The molecule has 3 heteroatoms. The lowest BCUT2D eigenvalue weighted by Crippen LogP contribution is -2.42. The van der Waals surface area contributed by atoms with Crippen LogP contribution in [0.2, 0.25) is 0 Å². The minimum Gasteiger partial charge on any atom is -0.395 e. The van der Waals surface area contributed by atoms with Crippen molar-refractivity contribution in [2.24, 2.45) is 0 Å². The predicted molar refractivity (Wildman–Crippen MR) is 59.3 cm³/mol. The largest absolute Gasteiger partial charge is 0.395 e. The molecule has 0 saturated heterocycles. The number of nitrogens with zero attached hydrogens (tertiary/aromatic N) is 1. The lowest BCUT2D eigenvalue weighted by atomic mass is 9.91. The fourth-order valence-electron chi connectivity index (χ4n) is 1.61. The topological polar surface area (TPSA) is 23.5 Å². The van der Waals surface area contributed by atoms with E-state index in [1.165, 1.54) is 19.3 Å². The molecular formula is C10H19NOS. The van der Waals surface area contributed by atoms with Gasteiger partial charge < -0.3 is 5.11 Å². The normalized spacial score (nSPS) is 17.5. The van der Waals surface area contributed by atoms with Crippen LogP contribution in [-0.2, 0) is 0 Å². The molecule has 0 amide bonds. The molecule has 0 heterocycles. The molecule has 1 fully saturated rings. The van der Waals surface area contributed by atoms with E-state index in [-0.39, 0.29) is 6.61 Å². The highest BCUT2D eigenvalue weighted by Gasteiger charge is 2.24. The van der Waals surface area contributed by atoms with Crippen LogP contribution in [0.3, 0.4) is 0 Å². The van der Waals surface area contributed by atoms with Gasteiger partial charge in [-0.2, -0.15) is 12.6 Å². The molecule has 13 heavy (non-hydrogen) atoms. The van der Waals surface area contributed by atoms with E-state index >= 15 is 0 Å². The fraction of sp³-hybridized carbons (Fsp3) is 0.800. The van der Waals surface area contributed by atoms with Crippen molar-refractivity contribution >= 4 is 12.6 Å². The van der Waals surface area contributed by atoms with E-state index in [2.05, 4.69) is 24.1 Å². The summed E-state index contributed by atoms with van der Waals surface area (Å²) in [4.78, 5) is 2.32. The molecule has 0 radical (unpaired) electrons. The summed E-state index contributed by atoms with van der Waals surface area (Å²) < 4.78 is 0. The van der Waals surface area contributed by atoms with Crippen molar-refractivity contribution < 1.29 is 5.11 Å². The summed E-state index contributed by atoms with van der Waals surface area (Å²) in [6.45, 7) is 5.86. The van der Waals surface area contributed by atoms with Crippen molar-refractivity contribution in [1.29, 1.82) is 0 Å². The molecule has 0 bridgehead atoms. The summed E-state index contributed by atoms with van der Waals surface area (Å²) in [5, 5.41) is 8.90. The van der Waals surface area contributed by atoms with Crippen molar-refractivity contribution in [3.8, 4) is 0 Å². The Hall–Kier alpha value is 0.01000. The number of rotatable bonds is 6. The molecule has 0 atom stereocenters. The first-order chi connectivity index (χ1) is 6.27. The molecule has 2 nitrogen and oxygen atoms in total. The fourth-order valence-corrected chi connectivity index (χ4v) is 1.71. The number of aliphatic hydroxyl groups is 1. The Balaban J connectivity index is 2.32. The molecule has 0 aromatic carbocycles. The third kappa shape index (κ3) is 3.33. The standard InChI is InChI=1S/C10H19NOS/c1-9(8-13)7-11(5-6-12)10-3-2-4-10/h10,12-13H,1-8H2. The molecule has 1 aliphatic carbocycles. The molecular weight excluding hydrogens is 182 g/mol. The average Bonchev–Trinajstić information content (AvgIpc) is 2.01. The zero-order chi connectivity index (χ0) is 9.68. The monoisotopic (exact) mass is 201 g/mol. The molecule has 0 aromatic rings. The van der Waals surface area contributed by atoms with E-state index in [0.29, 0.717) is 6.04 Å². The summed E-state index contributed by atoms with van der Waals surface area (Å²) in [5.74, 6) is 0.745. The van der Waals surface area contributed by atoms with Crippen LogP contribution in [0, 0.1) is 0 Å². The molecule has 0 aromatic heterocycles. The van der Waals surface area contributed by atoms with E-state index in [0.717, 1.165) is 24.4 Å². The Labute approximate surface area is 86.0 Å². The number of hydrogen-bond donors (Lipinski definition) is 2. The molecule has 1 saturated carbocycles. The van der Waals surface area contributed by atoms with Gasteiger partial charge in [0.2, 0.25) is 0 Å². The first kappa shape index (κ1) is 11.1. The number of thiol groups is 1. The van der Waals surface area contributed by atoms with E-state index in [1.54, 1.807) is 0 Å². The van der Waals surface area contributed by atoms with Crippen LogP contribution in [0.5, 0.6) is 0 Å². The summed E-state index contributed by atoms with van der Waals surface area (Å²) in [7, 11) is 0. The maximum Gasteiger partial charge on any atom is 0.0558 e. The van der Waals surface area contributed by atoms with Gasteiger partial charge in [0.25, 0.3) is 0 Å². The van der Waals surface area contributed by atoms with Crippen molar-refractivity contribution in [3.63, 3.8) is 0 Å². The highest BCUT2D eigenvalue weighted by molar-refractivity contribution is 7.80. The Bertz CT molecular complexity index is 168. The minimum absolute atomic E-state index is 0.246. The van der Waals surface area contributed by atoms with Gasteiger partial charge in [0.15, 0.2) is 0 Å². The second kappa shape index (κ2) is 5.68. The average molecular weight is 201 g/mol. The second-order valence-corrected chi connectivity index (χ2v) is 4.00. The number of aliphatic hydroxyl groups excluding tert-OH is 1. The van der Waals surface area contributed by atoms with Crippen LogP contribution in [-0.4, -0.2) is 41.5 Å². The lowest BCUT2D eigenvalue weighted by molar-refractivity contribution is 0.111. The maximum atomic E-state index is 8.90. The third-order valence-electron chi connectivity index (χ3n) is 2.63. The maximum absolute atomic E-state index is 8.90. The second-order valence-electron chi connectivity index (χ2n) is 3.69. The first-order valence-electron chi connectivity index (χ1n) is 4.90. The zero-order valence-electron chi connectivity index (χ0n) is 8.08. The summed E-state index contributed by atoms with van der Waals surface area (Å²) in [6.07, 6.45) is 3.89. The van der Waals surface area contributed by atoms with Gasteiger partial charge in [-0.25, -0.2) is 0 Å². The van der Waals surface area contributed by atoms with E-state index < -0.39 is 0 Å². The van der Waals surface area contributed by atoms with Crippen LogP contribution in [0.15, 0.2) is 12.2 Å². The van der Waals surface area contributed by atoms with Gasteiger partial charge in [-0.3, -0.25) is 4.90 Å². The van der Waals surface area contributed by atoms with Crippen LogP contribution in [0.1, 0.15) is 19.3 Å². The highest BCUT2D eigenvalue weighted by Crippen LogP contribution is 2.24. The van der Waals surface area contributed by atoms with Crippen molar-refractivity contribution in [3.05, 3.63) is 12.2 Å². The van der Waals surface area contributed by atoms with E-state index in [1.807, 2.05) is 0 Å². The Morgan fingerprint density at radius 3 is 2.62 bits per heavy atom. The Morgan fingerprint density at radius 2 is 2.23 bits per heavy atom. The molecule has 0 unspecified atom stereocenters. The summed E-state index contributed by atoms with van der Waals surface area (Å²) in [6, 6.07) is 0.684. The lowest BCUT2D eigenvalue weighted by Gasteiger charge is -2.37. The van der Waals surface area contributed by atoms with E-state index in [4.69, 9.17) is 5.11 Å². The quantitative estimate of drug-likeness (QED) is 0.500. The SMILES string of the molecule is C=C(CS)CN(CCO)C1CCC1. The van der Waals surface area contributed by atoms with Crippen LogP contribution in [0.25, 0.3) is 0 Å².